The van der Waals surface area contributed by atoms with Crippen molar-refractivity contribution in [2.45, 2.75) is 44.4 Å². The molecule has 2 aromatic heterocycles. The third-order valence-corrected chi connectivity index (χ3v) is 8.10. The number of nitrogens with one attached hydrogen (secondary N) is 1. The summed E-state index contributed by atoms with van der Waals surface area (Å²) < 4.78 is 27.7. The lowest BCUT2D eigenvalue weighted by molar-refractivity contribution is 0.276. The van der Waals surface area contributed by atoms with Crippen LogP contribution in [0.5, 0.6) is 0 Å². The van der Waals surface area contributed by atoms with E-state index >= 15 is 0 Å². The summed E-state index contributed by atoms with van der Waals surface area (Å²) in [6, 6.07) is 9.99. The minimum absolute atomic E-state index is 0.103. The van der Waals surface area contributed by atoms with Crippen LogP contribution >= 0.6 is 11.6 Å². The second-order valence-electron chi connectivity index (χ2n) is 9.70. The van der Waals surface area contributed by atoms with Crippen LogP contribution in [0.25, 0.3) is 21.9 Å². The number of hydrogen-bond acceptors (Lipinski definition) is 2. The van der Waals surface area contributed by atoms with Crippen LogP contribution in [0.4, 0.5) is 8.78 Å². The predicted molar refractivity (Wildman–Crippen MR) is 123 cm³/mol. The van der Waals surface area contributed by atoms with Crippen LogP contribution in [0.15, 0.2) is 42.6 Å². The SMILES string of the molecule is CC(CC1CC2CC1CC2c1ccnc2ccc(F)cc12)c1nc2cc(Cl)c(F)cc2[nH]1. The van der Waals surface area contributed by atoms with Gasteiger partial charge in [0.15, 0.2) is 0 Å². The van der Waals surface area contributed by atoms with Crippen LogP contribution in [-0.4, -0.2) is 15.0 Å². The van der Waals surface area contributed by atoms with Crippen molar-refractivity contribution in [1.82, 2.24) is 15.0 Å². The van der Waals surface area contributed by atoms with Crippen molar-refractivity contribution in [2.75, 3.05) is 0 Å². The first-order valence-corrected chi connectivity index (χ1v) is 11.7. The molecule has 2 saturated carbocycles. The van der Waals surface area contributed by atoms with Gasteiger partial charge in [0.1, 0.15) is 17.5 Å². The van der Waals surface area contributed by atoms with Gasteiger partial charge in [0.25, 0.3) is 0 Å². The van der Waals surface area contributed by atoms with E-state index < -0.39 is 5.82 Å². The van der Waals surface area contributed by atoms with Gasteiger partial charge in [-0.1, -0.05) is 18.5 Å². The van der Waals surface area contributed by atoms with Crippen LogP contribution in [0.2, 0.25) is 5.02 Å². The zero-order valence-electron chi connectivity index (χ0n) is 17.8. The van der Waals surface area contributed by atoms with Crippen LogP contribution in [0.3, 0.4) is 0 Å². The first-order chi connectivity index (χ1) is 15.5. The fourth-order valence-corrected chi connectivity index (χ4v) is 6.51. The highest BCUT2D eigenvalue weighted by Gasteiger charge is 2.46. The second kappa shape index (κ2) is 7.51. The minimum atomic E-state index is -0.426. The lowest BCUT2D eigenvalue weighted by Gasteiger charge is -2.30. The highest BCUT2D eigenvalue weighted by molar-refractivity contribution is 6.31. The molecule has 0 amide bonds. The van der Waals surface area contributed by atoms with E-state index in [0.29, 0.717) is 34.7 Å². The highest BCUT2D eigenvalue weighted by atomic mass is 35.5. The third kappa shape index (κ3) is 3.29. The van der Waals surface area contributed by atoms with Crippen molar-refractivity contribution >= 4 is 33.5 Å². The van der Waals surface area contributed by atoms with Crippen molar-refractivity contribution in [3.05, 3.63) is 70.6 Å². The number of H-pyrrole nitrogens is 1. The summed E-state index contributed by atoms with van der Waals surface area (Å²) in [4.78, 5) is 12.4. The Bertz CT molecular complexity index is 1290. The number of halogens is 3. The van der Waals surface area contributed by atoms with E-state index in [2.05, 4.69) is 27.9 Å². The number of hydrogen-bond donors (Lipinski definition) is 1. The standard InChI is InChI=1S/C26H24ClF2N3/c1-13(26-31-24-11-21(27)22(29)12-25(24)32-26)6-14-7-16-8-15(14)9-19(16)18-4-5-30-23-3-2-17(28)10-20(18)23/h2-5,10-16,19H,6-9H2,1H3,(H,31,32). The Balaban J connectivity index is 1.19. The molecular weight excluding hydrogens is 428 g/mol. The first-order valence-electron chi connectivity index (χ1n) is 11.3. The lowest BCUT2D eigenvalue weighted by atomic mass is 9.75. The number of aromatic amines is 1. The molecule has 164 valence electrons. The molecule has 3 nitrogen and oxygen atoms in total. The van der Waals surface area contributed by atoms with E-state index in [9.17, 15) is 8.78 Å². The van der Waals surface area contributed by atoms with E-state index in [-0.39, 0.29) is 16.8 Å². The van der Waals surface area contributed by atoms with Crippen molar-refractivity contribution in [2.24, 2.45) is 17.8 Å². The summed E-state index contributed by atoms with van der Waals surface area (Å²) >= 11 is 5.91. The Kier molecular flexibility index (Phi) is 4.72. The lowest BCUT2D eigenvalue weighted by Crippen LogP contribution is -2.19. The molecule has 2 aliphatic rings. The molecule has 0 radical (unpaired) electrons. The van der Waals surface area contributed by atoms with Gasteiger partial charge < -0.3 is 4.98 Å². The van der Waals surface area contributed by atoms with Gasteiger partial charge in [-0.2, -0.15) is 0 Å². The molecule has 5 atom stereocenters. The van der Waals surface area contributed by atoms with Crippen LogP contribution < -0.4 is 0 Å². The van der Waals surface area contributed by atoms with E-state index in [4.69, 9.17) is 11.6 Å². The molecular formula is C26H24ClF2N3. The van der Waals surface area contributed by atoms with Crippen molar-refractivity contribution < 1.29 is 8.78 Å². The van der Waals surface area contributed by atoms with Gasteiger partial charge >= 0.3 is 0 Å². The van der Waals surface area contributed by atoms with E-state index in [0.717, 1.165) is 29.6 Å². The number of benzene rings is 2. The first kappa shape index (κ1) is 20.1. The number of fused-ring (bicyclic) bond motifs is 4. The van der Waals surface area contributed by atoms with Crippen LogP contribution in [0.1, 0.15) is 55.8 Å². The smallest absolute Gasteiger partial charge is 0.144 e. The van der Waals surface area contributed by atoms with E-state index in [1.165, 1.54) is 30.5 Å². The topological polar surface area (TPSA) is 41.6 Å². The second-order valence-corrected chi connectivity index (χ2v) is 10.1. The maximum absolute atomic E-state index is 13.9. The monoisotopic (exact) mass is 451 g/mol. The molecule has 2 heterocycles. The average Bonchev–Trinajstić information content (AvgIpc) is 3.47. The summed E-state index contributed by atoms with van der Waals surface area (Å²) in [6.07, 6.45) is 6.51. The zero-order chi connectivity index (χ0) is 22.0. The summed E-state index contributed by atoms with van der Waals surface area (Å²) in [6.45, 7) is 2.19. The normalized spacial score (nSPS) is 25.8. The number of nitrogens with zero attached hydrogens (tertiary/aromatic N) is 2. The van der Waals surface area contributed by atoms with Crippen molar-refractivity contribution in [3.8, 4) is 0 Å². The Morgan fingerprint density at radius 1 is 1.06 bits per heavy atom. The Hall–Kier alpha value is -2.53. The Morgan fingerprint density at radius 3 is 2.75 bits per heavy atom. The van der Waals surface area contributed by atoms with E-state index in [1.807, 2.05) is 6.20 Å². The average molecular weight is 452 g/mol. The Morgan fingerprint density at radius 2 is 1.94 bits per heavy atom. The molecule has 32 heavy (non-hydrogen) atoms. The molecule has 0 aliphatic heterocycles. The fraction of sp³-hybridized carbons (Fsp3) is 0.385. The van der Waals surface area contributed by atoms with Gasteiger partial charge in [-0.25, -0.2) is 13.8 Å². The quantitative estimate of drug-likeness (QED) is 0.352. The van der Waals surface area contributed by atoms with E-state index in [1.54, 1.807) is 18.2 Å². The van der Waals surface area contributed by atoms with Gasteiger partial charge in [-0.3, -0.25) is 4.98 Å². The van der Waals surface area contributed by atoms with Gasteiger partial charge in [0.05, 0.1) is 21.6 Å². The van der Waals surface area contributed by atoms with Gasteiger partial charge in [0, 0.05) is 23.6 Å². The molecule has 2 aliphatic carbocycles. The number of pyridine rings is 1. The number of aromatic nitrogens is 3. The van der Waals surface area contributed by atoms with Gasteiger partial charge in [0.2, 0.25) is 0 Å². The van der Waals surface area contributed by atoms with Crippen LogP contribution in [-0.2, 0) is 0 Å². The summed E-state index contributed by atoms with van der Waals surface area (Å²) in [5.74, 6) is 2.99. The largest absolute Gasteiger partial charge is 0.342 e. The molecule has 6 rings (SSSR count). The summed E-state index contributed by atoms with van der Waals surface area (Å²) in [7, 11) is 0. The van der Waals surface area contributed by atoms with Crippen LogP contribution in [0, 0.1) is 29.4 Å². The molecule has 1 N–H and O–H groups in total. The third-order valence-electron chi connectivity index (χ3n) is 7.81. The number of rotatable bonds is 4. The fourth-order valence-electron chi connectivity index (χ4n) is 6.35. The minimum Gasteiger partial charge on any atom is -0.342 e. The maximum Gasteiger partial charge on any atom is 0.144 e. The molecule has 5 unspecified atom stereocenters. The predicted octanol–water partition coefficient (Wildman–Crippen LogP) is 7.37. The molecule has 2 aromatic carbocycles. The molecule has 2 fully saturated rings. The number of imidazole rings is 1. The van der Waals surface area contributed by atoms with Gasteiger partial charge in [-0.15, -0.1) is 0 Å². The van der Waals surface area contributed by atoms with Crippen molar-refractivity contribution in [3.63, 3.8) is 0 Å². The summed E-state index contributed by atoms with van der Waals surface area (Å²) in [5, 5.41) is 1.06. The maximum atomic E-state index is 13.9. The zero-order valence-corrected chi connectivity index (χ0v) is 18.5. The molecule has 4 aromatic rings. The van der Waals surface area contributed by atoms with Gasteiger partial charge in [-0.05, 0) is 85.3 Å². The highest BCUT2D eigenvalue weighted by Crippen LogP contribution is 2.58. The summed E-state index contributed by atoms with van der Waals surface area (Å²) in [5.41, 5.74) is 3.53. The molecule has 6 heteroatoms. The molecule has 2 bridgehead atoms. The molecule has 0 saturated heterocycles. The molecule has 0 spiro atoms. The van der Waals surface area contributed by atoms with Crippen molar-refractivity contribution in [1.29, 1.82) is 0 Å². The Labute approximate surface area is 190 Å².